The topological polar surface area (TPSA) is 59.1 Å². The Labute approximate surface area is 85.5 Å². The van der Waals surface area contributed by atoms with Gasteiger partial charge in [0.05, 0.1) is 5.92 Å². The number of carbonyl (C=O) groups is 2. The van der Waals surface area contributed by atoms with Crippen LogP contribution in [0.1, 0.15) is 24.3 Å². The van der Waals surface area contributed by atoms with Crippen molar-refractivity contribution in [2.24, 2.45) is 0 Å². The van der Waals surface area contributed by atoms with E-state index in [2.05, 4.69) is 10.3 Å². The van der Waals surface area contributed by atoms with E-state index in [0.717, 1.165) is 0 Å². The third-order valence-electron chi connectivity index (χ3n) is 2.39. The number of carbonyl (C=O) groups excluding carboxylic acids is 2. The van der Waals surface area contributed by atoms with E-state index in [0.29, 0.717) is 18.4 Å². The van der Waals surface area contributed by atoms with Gasteiger partial charge in [-0.3, -0.25) is 14.9 Å². The molecule has 78 valence electrons. The molecule has 0 saturated carbocycles. The summed E-state index contributed by atoms with van der Waals surface area (Å²) in [6, 6.07) is 2.81. The molecule has 0 aromatic carbocycles. The van der Waals surface area contributed by atoms with Crippen molar-refractivity contribution in [1.29, 1.82) is 0 Å². The van der Waals surface area contributed by atoms with Crippen molar-refractivity contribution in [3.05, 3.63) is 29.8 Å². The number of halogens is 1. The first kappa shape index (κ1) is 9.76. The van der Waals surface area contributed by atoms with Crippen LogP contribution >= 0.6 is 0 Å². The predicted octanol–water partition coefficient (Wildman–Crippen LogP) is 0.741. The van der Waals surface area contributed by atoms with Crippen molar-refractivity contribution in [3.63, 3.8) is 0 Å². The number of piperidine rings is 1. The van der Waals surface area contributed by atoms with Gasteiger partial charge in [-0.1, -0.05) is 0 Å². The van der Waals surface area contributed by atoms with Gasteiger partial charge in [0.2, 0.25) is 17.8 Å². The largest absolute Gasteiger partial charge is 0.296 e. The number of rotatable bonds is 1. The average molecular weight is 208 g/mol. The van der Waals surface area contributed by atoms with E-state index in [9.17, 15) is 14.0 Å². The van der Waals surface area contributed by atoms with Gasteiger partial charge >= 0.3 is 0 Å². The third kappa shape index (κ3) is 2.01. The van der Waals surface area contributed by atoms with Crippen LogP contribution in [-0.2, 0) is 9.59 Å². The molecule has 1 aromatic rings. The maximum absolute atomic E-state index is 12.8. The molecule has 2 heterocycles. The molecule has 1 saturated heterocycles. The van der Waals surface area contributed by atoms with Crippen LogP contribution in [0.3, 0.4) is 0 Å². The van der Waals surface area contributed by atoms with Gasteiger partial charge < -0.3 is 0 Å². The molecule has 0 bridgehead atoms. The molecule has 4 nitrogen and oxygen atoms in total. The lowest BCUT2D eigenvalue weighted by Crippen LogP contribution is -2.39. The molecule has 1 atom stereocenters. The number of pyridine rings is 1. The van der Waals surface area contributed by atoms with Gasteiger partial charge in [0, 0.05) is 12.6 Å². The lowest BCUT2D eigenvalue weighted by Gasteiger charge is -2.20. The van der Waals surface area contributed by atoms with Crippen LogP contribution in [0.25, 0.3) is 0 Å². The third-order valence-corrected chi connectivity index (χ3v) is 2.39. The highest BCUT2D eigenvalue weighted by molar-refractivity contribution is 6.00. The minimum atomic E-state index is -0.614. The van der Waals surface area contributed by atoms with Crippen molar-refractivity contribution in [3.8, 4) is 0 Å². The molecular formula is C10H9FN2O2. The van der Waals surface area contributed by atoms with E-state index in [4.69, 9.17) is 0 Å². The normalized spacial score (nSPS) is 21.3. The molecule has 0 radical (unpaired) electrons. The van der Waals surface area contributed by atoms with Crippen LogP contribution in [0, 0.1) is 5.95 Å². The van der Waals surface area contributed by atoms with Crippen molar-refractivity contribution in [2.45, 2.75) is 18.8 Å². The van der Waals surface area contributed by atoms with Crippen molar-refractivity contribution in [1.82, 2.24) is 10.3 Å². The molecule has 0 spiro atoms. The van der Waals surface area contributed by atoms with E-state index >= 15 is 0 Å². The van der Waals surface area contributed by atoms with E-state index in [1.807, 2.05) is 0 Å². The highest BCUT2D eigenvalue weighted by Crippen LogP contribution is 2.24. The first-order chi connectivity index (χ1) is 7.16. The Morgan fingerprint density at radius 3 is 2.93 bits per heavy atom. The highest BCUT2D eigenvalue weighted by Gasteiger charge is 2.27. The Balaban J connectivity index is 2.24. The van der Waals surface area contributed by atoms with Crippen LogP contribution in [0.4, 0.5) is 4.39 Å². The van der Waals surface area contributed by atoms with E-state index < -0.39 is 11.9 Å². The molecule has 5 heteroatoms. The first-order valence-corrected chi connectivity index (χ1v) is 4.62. The van der Waals surface area contributed by atoms with Gasteiger partial charge in [-0.25, -0.2) is 4.98 Å². The molecule has 1 aliphatic heterocycles. The Hall–Kier alpha value is -1.78. The van der Waals surface area contributed by atoms with Gasteiger partial charge in [-0.05, 0) is 24.1 Å². The van der Waals surface area contributed by atoms with E-state index in [-0.39, 0.29) is 11.8 Å². The summed E-state index contributed by atoms with van der Waals surface area (Å²) in [5.41, 5.74) is 0.563. The second-order valence-corrected chi connectivity index (χ2v) is 3.42. The number of hydrogen-bond acceptors (Lipinski definition) is 3. The number of hydrogen-bond donors (Lipinski definition) is 1. The quantitative estimate of drug-likeness (QED) is 0.547. The number of imide groups is 1. The molecule has 1 unspecified atom stereocenters. The molecule has 1 N–H and O–H groups in total. The van der Waals surface area contributed by atoms with Crippen molar-refractivity contribution < 1.29 is 14.0 Å². The zero-order chi connectivity index (χ0) is 10.8. The van der Waals surface area contributed by atoms with Gasteiger partial charge in [0.25, 0.3) is 0 Å². The molecular weight excluding hydrogens is 199 g/mol. The lowest BCUT2D eigenvalue weighted by molar-refractivity contribution is -0.134. The molecule has 2 amide bonds. The summed E-state index contributed by atoms with van der Waals surface area (Å²) in [4.78, 5) is 25.7. The van der Waals surface area contributed by atoms with Crippen LogP contribution in [0.5, 0.6) is 0 Å². The molecule has 1 aromatic heterocycles. The zero-order valence-electron chi connectivity index (χ0n) is 7.87. The van der Waals surface area contributed by atoms with E-state index in [1.165, 1.54) is 12.3 Å². The fourth-order valence-corrected chi connectivity index (χ4v) is 1.65. The Kier molecular flexibility index (Phi) is 2.45. The highest BCUT2D eigenvalue weighted by atomic mass is 19.1. The molecule has 1 aliphatic rings. The fraction of sp³-hybridized carbons (Fsp3) is 0.300. The summed E-state index contributed by atoms with van der Waals surface area (Å²) in [7, 11) is 0. The zero-order valence-corrected chi connectivity index (χ0v) is 7.87. The van der Waals surface area contributed by atoms with Gasteiger partial charge in [-0.15, -0.1) is 0 Å². The summed E-state index contributed by atoms with van der Waals surface area (Å²) < 4.78 is 12.8. The van der Waals surface area contributed by atoms with E-state index in [1.54, 1.807) is 6.07 Å². The Bertz CT molecular complexity index is 420. The van der Waals surface area contributed by atoms with Gasteiger partial charge in [0.15, 0.2) is 0 Å². The molecule has 2 rings (SSSR count). The van der Waals surface area contributed by atoms with Crippen molar-refractivity contribution in [2.75, 3.05) is 0 Å². The Morgan fingerprint density at radius 1 is 1.47 bits per heavy atom. The predicted molar refractivity (Wildman–Crippen MR) is 49.3 cm³/mol. The van der Waals surface area contributed by atoms with Crippen LogP contribution in [0.2, 0.25) is 0 Å². The van der Waals surface area contributed by atoms with Crippen LogP contribution in [-0.4, -0.2) is 16.8 Å². The van der Waals surface area contributed by atoms with Gasteiger partial charge in [-0.2, -0.15) is 4.39 Å². The van der Waals surface area contributed by atoms with Crippen LogP contribution < -0.4 is 5.32 Å². The SMILES string of the molecule is O=C1CCC(c2ccnc(F)c2)C(=O)N1. The maximum Gasteiger partial charge on any atom is 0.234 e. The van der Waals surface area contributed by atoms with Crippen LogP contribution in [0.15, 0.2) is 18.3 Å². The standard InChI is InChI=1S/C10H9FN2O2/c11-8-5-6(3-4-12-8)7-1-2-9(14)13-10(7)15/h3-5,7H,1-2H2,(H,13,14,15). The monoisotopic (exact) mass is 208 g/mol. The number of amides is 2. The number of aromatic nitrogens is 1. The molecule has 15 heavy (non-hydrogen) atoms. The van der Waals surface area contributed by atoms with Gasteiger partial charge in [0.1, 0.15) is 0 Å². The maximum atomic E-state index is 12.8. The summed E-state index contributed by atoms with van der Waals surface area (Å²) in [5, 5.41) is 2.23. The summed E-state index contributed by atoms with van der Waals surface area (Å²) in [6.07, 6.45) is 2.03. The molecule has 1 fully saturated rings. The second kappa shape index (κ2) is 3.76. The van der Waals surface area contributed by atoms with Crippen molar-refractivity contribution >= 4 is 11.8 Å². The fourth-order valence-electron chi connectivity index (χ4n) is 1.65. The minimum absolute atomic E-state index is 0.272. The summed E-state index contributed by atoms with van der Waals surface area (Å²) in [5.74, 6) is -1.69. The average Bonchev–Trinajstić information content (AvgIpc) is 2.17. The minimum Gasteiger partial charge on any atom is -0.296 e. The Morgan fingerprint density at radius 2 is 2.27 bits per heavy atom. The lowest BCUT2D eigenvalue weighted by atomic mass is 9.91. The summed E-state index contributed by atoms with van der Waals surface area (Å²) >= 11 is 0. The smallest absolute Gasteiger partial charge is 0.234 e. The number of nitrogens with one attached hydrogen (secondary N) is 1. The second-order valence-electron chi connectivity index (χ2n) is 3.42. The molecule has 0 aliphatic carbocycles. The number of nitrogens with zero attached hydrogens (tertiary/aromatic N) is 1. The first-order valence-electron chi connectivity index (χ1n) is 4.62. The summed E-state index contributed by atoms with van der Waals surface area (Å²) in [6.45, 7) is 0.